The quantitative estimate of drug-likeness (QED) is 0.150. The van der Waals surface area contributed by atoms with Crippen LogP contribution in [-0.4, -0.2) is 26.3 Å². The number of aryl methyl sites for hydroxylation is 1. The second-order valence-corrected chi connectivity index (χ2v) is 10.9. The van der Waals surface area contributed by atoms with E-state index in [1.807, 2.05) is 0 Å². The van der Waals surface area contributed by atoms with Crippen LogP contribution in [-0.2, 0) is 12.8 Å². The number of nitro groups is 1. The van der Waals surface area contributed by atoms with E-state index in [2.05, 4.69) is 26.2 Å². The molecule has 0 saturated carbocycles. The molecule has 4 aromatic rings. The molecule has 12 heteroatoms. The Bertz CT molecular complexity index is 1560. The second-order valence-electron chi connectivity index (χ2n) is 7.94. The number of hydrogen-bond donors (Lipinski definition) is 1. The Morgan fingerprint density at radius 2 is 2.06 bits per heavy atom. The Kier molecular flexibility index (Phi) is 7.07. The molecule has 0 aliphatic heterocycles. The number of thiophene rings is 1. The van der Waals surface area contributed by atoms with Crippen molar-refractivity contribution in [1.29, 1.82) is 5.26 Å². The van der Waals surface area contributed by atoms with Crippen molar-refractivity contribution in [2.75, 3.05) is 0 Å². The standard InChI is InChI=1S/C24H16Cl2N6O2S2/c25-14-6-7-16(18(26)10-14)22-29-24(31-30-22)36-21-8-5-13(9-19(21)32(33)34)12-28-23-17(11-27)15-3-1-2-4-20(15)35-23/h5-10,12H,1-4H2,(H,29,30,31)/b28-12-. The number of nitriles is 1. The minimum Gasteiger partial charge on any atom is -0.258 e. The lowest BCUT2D eigenvalue weighted by Crippen LogP contribution is -1.99. The van der Waals surface area contributed by atoms with Crippen LogP contribution in [0.25, 0.3) is 11.4 Å². The lowest BCUT2D eigenvalue weighted by molar-refractivity contribution is -0.387. The summed E-state index contributed by atoms with van der Waals surface area (Å²) in [6.45, 7) is 0. The fraction of sp³-hybridized carbons (Fsp3) is 0.167. The Morgan fingerprint density at radius 3 is 2.83 bits per heavy atom. The molecule has 36 heavy (non-hydrogen) atoms. The van der Waals surface area contributed by atoms with Crippen LogP contribution >= 0.6 is 46.3 Å². The predicted molar refractivity (Wildman–Crippen MR) is 142 cm³/mol. The maximum Gasteiger partial charge on any atom is 0.283 e. The van der Waals surface area contributed by atoms with Gasteiger partial charge in [0.15, 0.2) is 5.82 Å². The van der Waals surface area contributed by atoms with Gasteiger partial charge in [0.2, 0.25) is 5.16 Å². The number of rotatable bonds is 6. The van der Waals surface area contributed by atoms with Gasteiger partial charge >= 0.3 is 0 Å². The normalized spacial score (nSPS) is 13.0. The lowest BCUT2D eigenvalue weighted by atomic mass is 9.96. The van der Waals surface area contributed by atoms with Crippen LogP contribution in [0, 0.1) is 21.4 Å². The summed E-state index contributed by atoms with van der Waals surface area (Å²) in [5, 5.41) is 30.3. The van der Waals surface area contributed by atoms with E-state index in [0.29, 0.717) is 47.6 Å². The molecule has 8 nitrogen and oxygen atoms in total. The van der Waals surface area contributed by atoms with Crippen LogP contribution in [0.3, 0.4) is 0 Å². The van der Waals surface area contributed by atoms with Crippen molar-refractivity contribution >= 4 is 63.2 Å². The fourth-order valence-electron chi connectivity index (χ4n) is 3.93. The van der Waals surface area contributed by atoms with Crippen LogP contribution in [0.2, 0.25) is 10.0 Å². The molecule has 0 unspecified atom stereocenters. The van der Waals surface area contributed by atoms with Crippen molar-refractivity contribution in [3.8, 4) is 17.5 Å². The molecule has 0 amide bonds. The monoisotopic (exact) mass is 554 g/mol. The summed E-state index contributed by atoms with van der Waals surface area (Å²) in [5.41, 5.74) is 2.81. The molecule has 1 aliphatic carbocycles. The molecule has 1 N–H and O–H groups in total. The minimum atomic E-state index is -0.451. The predicted octanol–water partition coefficient (Wildman–Crippen LogP) is 7.40. The van der Waals surface area contributed by atoms with Gasteiger partial charge in [-0.3, -0.25) is 15.2 Å². The van der Waals surface area contributed by atoms with Crippen molar-refractivity contribution in [2.24, 2.45) is 4.99 Å². The van der Waals surface area contributed by atoms with E-state index in [0.717, 1.165) is 43.0 Å². The van der Waals surface area contributed by atoms with Gasteiger partial charge in [-0.15, -0.1) is 16.4 Å². The molecule has 2 aromatic carbocycles. The highest BCUT2D eigenvalue weighted by Gasteiger charge is 2.21. The molecule has 180 valence electrons. The maximum absolute atomic E-state index is 11.8. The van der Waals surface area contributed by atoms with Crippen molar-refractivity contribution < 1.29 is 4.92 Å². The molecule has 0 spiro atoms. The van der Waals surface area contributed by atoms with Gasteiger partial charge < -0.3 is 0 Å². The van der Waals surface area contributed by atoms with Gasteiger partial charge in [-0.2, -0.15) is 5.26 Å². The van der Waals surface area contributed by atoms with Gasteiger partial charge in [0.1, 0.15) is 11.1 Å². The number of aromatic amines is 1. The Morgan fingerprint density at radius 1 is 1.22 bits per heavy atom. The number of fused-ring (bicyclic) bond motifs is 1. The third-order valence-corrected chi connectivity index (χ3v) is 8.31. The topological polar surface area (TPSA) is 121 Å². The molecule has 0 radical (unpaired) electrons. The van der Waals surface area contributed by atoms with E-state index in [1.54, 1.807) is 36.5 Å². The highest BCUT2D eigenvalue weighted by Crippen LogP contribution is 2.40. The Balaban J connectivity index is 1.39. The highest BCUT2D eigenvalue weighted by atomic mass is 35.5. The molecule has 2 aromatic heterocycles. The van der Waals surface area contributed by atoms with Gasteiger partial charge in [0, 0.05) is 27.7 Å². The summed E-state index contributed by atoms with van der Waals surface area (Å²) in [4.78, 5) is 21.9. The number of halogens is 2. The summed E-state index contributed by atoms with van der Waals surface area (Å²) in [6.07, 6.45) is 5.62. The number of nitrogens with zero attached hydrogens (tertiary/aromatic N) is 5. The van der Waals surface area contributed by atoms with Crippen LogP contribution in [0.4, 0.5) is 10.7 Å². The second kappa shape index (κ2) is 10.4. The molecule has 0 saturated heterocycles. The zero-order valence-corrected chi connectivity index (χ0v) is 21.6. The first kappa shape index (κ1) is 24.5. The molecular formula is C24H16Cl2N6O2S2. The summed E-state index contributed by atoms with van der Waals surface area (Å²) < 4.78 is 0. The summed E-state index contributed by atoms with van der Waals surface area (Å²) in [5.74, 6) is 0.428. The molecule has 0 atom stereocenters. The average Bonchev–Trinajstić information content (AvgIpc) is 3.47. The first-order valence-corrected chi connectivity index (χ1v) is 13.2. The van der Waals surface area contributed by atoms with Crippen molar-refractivity contribution in [3.63, 3.8) is 0 Å². The summed E-state index contributed by atoms with van der Waals surface area (Å²) >= 11 is 14.8. The zero-order chi connectivity index (χ0) is 25.2. The summed E-state index contributed by atoms with van der Waals surface area (Å²) in [6, 6.07) is 12.1. The fourth-order valence-corrected chi connectivity index (χ4v) is 6.41. The molecule has 0 bridgehead atoms. The zero-order valence-electron chi connectivity index (χ0n) is 18.5. The van der Waals surface area contributed by atoms with Crippen LogP contribution < -0.4 is 0 Å². The summed E-state index contributed by atoms with van der Waals surface area (Å²) in [7, 11) is 0. The molecule has 0 fully saturated rings. The van der Waals surface area contributed by atoms with E-state index in [-0.39, 0.29) is 5.69 Å². The third-order valence-electron chi connectivity index (χ3n) is 5.63. The smallest absolute Gasteiger partial charge is 0.258 e. The minimum absolute atomic E-state index is 0.0918. The molecule has 1 aliphatic rings. The third kappa shape index (κ3) is 5.01. The van der Waals surface area contributed by atoms with Gasteiger partial charge in [-0.05, 0) is 72.8 Å². The van der Waals surface area contributed by atoms with Crippen molar-refractivity contribution in [1.82, 2.24) is 15.2 Å². The van der Waals surface area contributed by atoms with Gasteiger partial charge in [-0.1, -0.05) is 29.3 Å². The van der Waals surface area contributed by atoms with Gasteiger partial charge in [0.25, 0.3) is 5.69 Å². The number of aromatic nitrogens is 3. The maximum atomic E-state index is 11.8. The Labute approximate surface area is 224 Å². The van der Waals surface area contributed by atoms with Crippen LogP contribution in [0.15, 0.2) is 51.4 Å². The van der Waals surface area contributed by atoms with E-state index in [4.69, 9.17) is 23.2 Å². The van der Waals surface area contributed by atoms with Gasteiger partial charge in [0.05, 0.1) is 20.4 Å². The molecule has 2 heterocycles. The first-order chi connectivity index (χ1) is 17.4. The average molecular weight is 555 g/mol. The van der Waals surface area contributed by atoms with Crippen LogP contribution in [0.5, 0.6) is 0 Å². The number of aliphatic imine (C=N–C) groups is 1. The highest BCUT2D eigenvalue weighted by molar-refractivity contribution is 7.99. The molecule has 5 rings (SSSR count). The Hall–Kier alpha value is -3.23. The largest absolute Gasteiger partial charge is 0.283 e. The number of nitro benzene ring substituents is 1. The number of nitrogens with one attached hydrogen (secondary N) is 1. The number of benzene rings is 2. The van der Waals surface area contributed by atoms with E-state index in [1.165, 1.54) is 22.3 Å². The van der Waals surface area contributed by atoms with E-state index >= 15 is 0 Å². The van der Waals surface area contributed by atoms with Crippen LogP contribution in [0.1, 0.15) is 34.4 Å². The SMILES string of the molecule is N#Cc1c(/N=C\c2ccc(Sc3n[nH]c(-c4ccc(Cl)cc4Cl)n3)c([N+](=O)[O-])c2)sc2c1CCCC2. The van der Waals surface area contributed by atoms with Crippen molar-refractivity contribution in [3.05, 3.63) is 78.1 Å². The number of hydrogen-bond acceptors (Lipinski definition) is 8. The van der Waals surface area contributed by atoms with Gasteiger partial charge in [-0.25, -0.2) is 9.98 Å². The van der Waals surface area contributed by atoms with Crippen molar-refractivity contribution in [2.45, 2.75) is 35.7 Å². The number of H-pyrrole nitrogens is 1. The first-order valence-electron chi connectivity index (χ1n) is 10.9. The van der Waals surface area contributed by atoms with E-state index < -0.39 is 4.92 Å². The van der Waals surface area contributed by atoms with E-state index in [9.17, 15) is 15.4 Å². The molecular weight excluding hydrogens is 539 g/mol. The lowest BCUT2D eigenvalue weighted by Gasteiger charge is -2.09.